The Morgan fingerprint density at radius 3 is 2.71 bits per heavy atom. The van der Waals surface area contributed by atoms with Gasteiger partial charge in [0.1, 0.15) is 6.20 Å². The fraction of sp³-hybridized carbons (Fsp3) is 0.214. The van der Waals surface area contributed by atoms with E-state index in [1.807, 2.05) is 13.0 Å². The second-order valence-corrected chi connectivity index (χ2v) is 4.72. The number of benzene rings is 1. The molecule has 0 amide bonds. The largest absolute Gasteiger partial charge is 0.348 e. The Labute approximate surface area is 120 Å². The van der Waals surface area contributed by atoms with Crippen molar-refractivity contribution in [3.05, 3.63) is 67.9 Å². The molecule has 0 N–H and O–H groups in total. The van der Waals surface area contributed by atoms with E-state index in [-0.39, 0.29) is 18.0 Å². The van der Waals surface area contributed by atoms with Gasteiger partial charge in [-0.15, -0.1) is 0 Å². The van der Waals surface area contributed by atoms with E-state index < -0.39 is 10.6 Å². The first-order valence-electron chi connectivity index (χ1n) is 6.20. The molecule has 1 aromatic heterocycles. The van der Waals surface area contributed by atoms with E-state index in [1.54, 1.807) is 19.1 Å². The summed E-state index contributed by atoms with van der Waals surface area (Å²) in [4.78, 5) is 37.2. The Kier molecular flexibility index (Phi) is 3.93. The molecule has 0 bridgehead atoms. The summed E-state index contributed by atoms with van der Waals surface area (Å²) in [5, 5.41) is 10.7. The minimum absolute atomic E-state index is 0.280. The van der Waals surface area contributed by atoms with Gasteiger partial charge in [-0.3, -0.25) is 19.5 Å². The number of hydrogen-bond donors (Lipinski definition) is 0. The van der Waals surface area contributed by atoms with Gasteiger partial charge in [0.15, 0.2) is 5.78 Å². The Balaban J connectivity index is 2.33. The summed E-state index contributed by atoms with van der Waals surface area (Å²) in [6.07, 6.45) is 1.90. The van der Waals surface area contributed by atoms with Crippen LogP contribution in [0.4, 0.5) is 5.69 Å². The van der Waals surface area contributed by atoms with E-state index in [9.17, 15) is 19.7 Å². The van der Waals surface area contributed by atoms with Crippen LogP contribution in [0.3, 0.4) is 0 Å². The molecule has 0 unspecified atom stereocenters. The molecule has 0 saturated carbocycles. The first kappa shape index (κ1) is 14.6. The predicted octanol–water partition coefficient (Wildman–Crippen LogP) is 1.65. The van der Waals surface area contributed by atoms with Gasteiger partial charge in [0.2, 0.25) is 0 Å². The van der Waals surface area contributed by atoms with Crippen molar-refractivity contribution in [2.75, 3.05) is 0 Å². The van der Waals surface area contributed by atoms with Crippen LogP contribution in [-0.4, -0.2) is 20.3 Å². The molecule has 1 aromatic carbocycles. The third kappa shape index (κ3) is 3.19. The molecule has 0 aliphatic heterocycles. The van der Waals surface area contributed by atoms with Crippen LogP contribution >= 0.6 is 0 Å². The van der Waals surface area contributed by atoms with E-state index in [1.165, 1.54) is 0 Å². The van der Waals surface area contributed by atoms with Gasteiger partial charge in [0.05, 0.1) is 17.7 Å². The SMILES string of the molecule is Cc1ccc(C(=O)Cn2cc([N+](=O)[O-])cnc2=O)c(C)c1. The zero-order chi connectivity index (χ0) is 15.6. The Bertz CT molecular complexity index is 780. The number of aromatic nitrogens is 2. The van der Waals surface area contributed by atoms with Gasteiger partial charge < -0.3 is 0 Å². The van der Waals surface area contributed by atoms with Gasteiger partial charge >= 0.3 is 11.4 Å². The molecule has 0 aliphatic carbocycles. The highest BCUT2D eigenvalue weighted by atomic mass is 16.6. The molecule has 108 valence electrons. The lowest BCUT2D eigenvalue weighted by molar-refractivity contribution is -0.385. The number of nitrogens with zero attached hydrogens (tertiary/aromatic N) is 3. The highest BCUT2D eigenvalue weighted by molar-refractivity contribution is 5.97. The van der Waals surface area contributed by atoms with Crippen LogP contribution in [0.25, 0.3) is 0 Å². The highest BCUT2D eigenvalue weighted by Crippen LogP contribution is 2.12. The summed E-state index contributed by atoms with van der Waals surface area (Å²) in [6.45, 7) is 3.43. The predicted molar refractivity (Wildman–Crippen MR) is 75.4 cm³/mol. The number of Topliss-reactive ketones (excluding diaryl/α,β-unsaturated/α-hetero) is 1. The number of carbonyl (C=O) groups is 1. The van der Waals surface area contributed by atoms with Crippen LogP contribution in [0.2, 0.25) is 0 Å². The van der Waals surface area contributed by atoms with Crippen molar-refractivity contribution < 1.29 is 9.72 Å². The lowest BCUT2D eigenvalue weighted by atomic mass is 10.0. The first-order chi connectivity index (χ1) is 9.88. The van der Waals surface area contributed by atoms with E-state index in [2.05, 4.69) is 4.98 Å². The summed E-state index contributed by atoms with van der Waals surface area (Å²) >= 11 is 0. The van der Waals surface area contributed by atoms with Gasteiger partial charge in [-0.05, 0) is 19.4 Å². The molecule has 2 rings (SSSR count). The molecule has 0 radical (unpaired) electrons. The monoisotopic (exact) mass is 287 g/mol. The summed E-state index contributed by atoms with van der Waals surface area (Å²) in [7, 11) is 0. The van der Waals surface area contributed by atoms with Crippen LogP contribution in [0.1, 0.15) is 21.5 Å². The van der Waals surface area contributed by atoms with Gasteiger partial charge in [0.25, 0.3) is 0 Å². The van der Waals surface area contributed by atoms with Crippen LogP contribution in [-0.2, 0) is 6.54 Å². The van der Waals surface area contributed by atoms with E-state index >= 15 is 0 Å². The maximum absolute atomic E-state index is 12.2. The first-order valence-corrected chi connectivity index (χ1v) is 6.20. The highest BCUT2D eigenvalue weighted by Gasteiger charge is 2.14. The van der Waals surface area contributed by atoms with Crippen molar-refractivity contribution in [2.24, 2.45) is 0 Å². The Morgan fingerprint density at radius 2 is 2.10 bits per heavy atom. The van der Waals surface area contributed by atoms with Crippen LogP contribution in [0.5, 0.6) is 0 Å². The molecular formula is C14H13N3O4. The lowest BCUT2D eigenvalue weighted by Gasteiger charge is -2.07. The quantitative estimate of drug-likeness (QED) is 0.484. The van der Waals surface area contributed by atoms with Crippen molar-refractivity contribution in [1.82, 2.24) is 9.55 Å². The van der Waals surface area contributed by atoms with Crippen molar-refractivity contribution in [3.63, 3.8) is 0 Å². The van der Waals surface area contributed by atoms with E-state index in [4.69, 9.17) is 0 Å². The molecule has 0 atom stereocenters. The van der Waals surface area contributed by atoms with Gasteiger partial charge in [-0.1, -0.05) is 23.8 Å². The summed E-state index contributed by atoms with van der Waals surface area (Å²) < 4.78 is 0.944. The minimum Gasteiger partial charge on any atom is -0.292 e. The molecule has 0 aliphatic rings. The molecule has 21 heavy (non-hydrogen) atoms. The second kappa shape index (κ2) is 5.66. The third-order valence-corrected chi connectivity index (χ3v) is 3.05. The molecule has 2 aromatic rings. The standard InChI is InChI=1S/C14H13N3O4/c1-9-3-4-12(10(2)5-9)13(18)8-16-7-11(17(20)21)6-15-14(16)19/h3-7H,8H2,1-2H3. The second-order valence-electron chi connectivity index (χ2n) is 4.72. The number of ketones is 1. The van der Waals surface area contributed by atoms with Crippen LogP contribution in [0.15, 0.2) is 35.4 Å². The fourth-order valence-corrected chi connectivity index (χ4v) is 2.02. The van der Waals surface area contributed by atoms with E-state index in [0.29, 0.717) is 5.56 Å². The summed E-state index contributed by atoms with van der Waals surface area (Å²) in [6, 6.07) is 5.35. The normalized spacial score (nSPS) is 10.4. The van der Waals surface area contributed by atoms with Crippen molar-refractivity contribution in [1.29, 1.82) is 0 Å². The molecule has 0 fully saturated rings. The zero-order valence-corrected chi connectivity index (χ0v) is 11.6. The maximum atomic E-state index is 12.2. The topological polar surface area (TPSA) is 95.1 Å². The molecule has 0 spiro atoms. The maximum Gasteiger partial charge on any atom is 0.348 e. The van der Waals surface area contributed by atoms with Crippen LogP contribution in [0, 0.1) is 24.0 Å². The minimum atomic E-state index is -0.696. The van der Waals surface area contributed by atoms with Crippen LogP contribution < -0.4 is 5.69 Å². The third-order valence-electron chi connectivity index (χ3n) is 3.05. The molecule has 7 heteroatoms. The Hall–Kier alpha value is -2.83. The van der Waals surface area contributed by atoms with Crippen molar-refractivity contribution in [2.45, 2.75) is 20.4 Å². The fourth-order valence-electron chi connectivity index (χ4n) is 2.02. The average Bonchev–Trinajstić information content (AvgIpc) is 2.40. The summed E-state index contributed by atoms with van der Waals surface area (Å²) in [5.41, 5.74) is 1.28. The van der Waals surface area contributed by atoms with Crippen molar-refractivity contribution >= 4 is 11.5 Å². The molecule has 7 nitrogen and oxygen atoms in total. The number of carbonyl (C=O) groups excluding carboxylic acids is 1. The van der Waals surface area contributed by atoms with Gasteiger partial charge in [-0.25, -0.2) is 4.79 Å². The van der Waals surface area contributed by atoms with Gasteiger partial charge in [-0.2, -0.15) is 4.98 Å². The molecule has 1 heterocycles. The summed E-state index contributed by atoms with van der Waals surface area (Å²) in [5.74, 6) is -0.295. The molecule has 0 saturated heterocycles. The number of hydrogen-bond acceptors (Lipinski definition) is 5. The smallest absolute Gasteiger partial charge is 0.292 e. The number of rotatable bonds is 4. The number of nitro groups is 1. The zero-order valence-electron chi connectivity index (χ0n) is 11.6. The van der Waals surface area contributed by atoms with Crippen molar-refractivity contribution in [3.8, 4) is 0 Å². The molecular weight excluding hydrogens is 274 g/mol. The number of aryl methyl sites for hydroxylation is 2. The average molecular weight is 287 g/mol. The lowest BCUT2D eigenvalue weighted by Crippen LogP contribution is -2.26. The van der Waals surface area contributed by atoms with E-state index in [0.717, 1.165) is 28.1 Å². The van der Waals surface area contributed by atoms with Gasteiger partial charge in [0, 0.05) is 5.56 Å². The Morgan fingerprint density at radius 1 is 1.38 bits per heavy atom.